The van der Waals surface area contributed by atoms with Crippen molar-refractivity contribution >= 4 is 93.7 Å². The predicted molar refractivity (Wildman–Crippen MR) is 311 cm³/mol. The topological polar surface area (TPSA) is 459 Å². The van der Waals surface area contributed by atoms with Crippen molar-refractivity contribution in [2.45, 2.75) is 185 Å². The molecule has 12 atom stereocenters. The maximum absolute atomic E-state index is 14.3. The number of carboxylic acid groups (broad SMARTS) is 2. The van der Waals surface area contributed by atoms with E-state index < -0.39 is 163 Å². The summed E-state index contributed by atoms with van der Waals surface area (Å²) in [5, 5.41) is 49.9. The molecule has 2 heterocycles. The summed E-state index contributed by atoms with van der Waals surface area (Å²) < 4.78 is 0. The maximum Gasteiger partial charge on any atom is 0.326 e. The average molecular weight is 1200 g/mol. The summed E-state index contributed by atoms with van der Waals surface area (Å²) in [4.78, 5) is 165. The number of nitrogens with two attached hydrogens (primary N) is 3. The average Bonchev–Trinajstić information content (AvgIpc) is 4.21. The number of primary amides is 1. The van der Waals surface area contributed by atoms with Gasteiger partial charge in [-0.3, -0.25) is 52.7 Å². The van der Waals surface area contributed by atoms with E-state index in [0.29, 0.717) is 31.4 Å². The second-order valence-electron chi connectivity index (χ2n) is 21.6. The van der Waals surface area contributed by atoms with Gasteiger partial charge in [-0.05, 0) is 114 Å². The van der Waals surface area contributed by atoms with Gasteiger partial charge in [0.2, 0.25) is 59.1 Å². The minimum Gasteiger partial charge on any atom is -0.481 e. The molecule has 468 valence electrons. The fourth-order valence-corrected chi connectivity index (χ4v) is 9.86. The Bertz CT molecular complexity index is 2620. The van der Waals surface area contributed by atoms with Crippen molar-refractivity contribution in [3.8, 4) is 0 Å². The Hall–Kier alpha value is -7.37. The quantitative estimate of drug-likeness (QED) is 0.0329. The number of carboxylic acids is 2. The molecule has 10 amide bonds. The molecule has 1 fully saturated rings. The van der Waals surface area contributed by atoms with E-state index in [1.807, 2.05) is 30.5 Å². The zero-order valence-corrected chi connectivity index (χ0v) is 49.6. The summed E-state index contributed by atoms with van der Waals surface area (Å²) in [7, 11) is 0. The van der Waals surface area contributed by atoms with Crippen LogP contribution >= 0.6 is 11.8 Å². The number of thioether (sulfide) groups is 1. The number of benzene rings is 1. The number of likely N-dealkylation sites (tertiary alicyclic amines) is 1. The van der Waals surface area contributed by atoms with Gasteiger partial charge in [-0.15, -0.1) is 0 Å². The van der Waals surface area contributed by atoms with Crippen molar-refractivity contribution in [1.82, 2.24) is 52.4 Å². The number of nitrogens with one attached hydrogen (secondary N) is 9. The summed E-state index contributed by atoms with van der Waals surface area (Å²) in [6.07, 6.45) is 2.23. The minimum absolute atomic E-state index is 0.000637. The molecule has 29 heteroatoms. The number of unbranched alkanes of at least 4 members (excludes halogenated alkanes) is 1. The van der Waals surface area contributed by atoms with Gasteiger partial charge < -0.3 is 84.9 Å². The highest BCUT2D eigenvalue weighted by Gasteiger charge is 2.41. The van der Waals surface area contributed by atoms with E-state index in [1.54, 1.807) is 33.9 Å². The predicted octanol–water partition coefficient (Wildman–Crippen LogP) is -1.89. The fourth-order valence-electron chi connectivity index (χ4n) is 9.39. The number of aliphatic carboxylic acids is 2. The first-order valence-corrected chi connectivity index (χ1v) is 29.7. The van der Waals surface area contributed by atoms with Gasteiger partial charge in [0.15, 0.2) is 0 Å². The summed E-state index contributed by atoms with van der Waals surface area (Å²) in [6.45, 7) is 9.66. The summed E-state index contributed by atoms with van der Waals surface area (Å²) in [5.41, 5.74) is 19.4. The number of aliphatic hydroxyl groups excluding tert-OH is 1. The van der Waals surface area contributed by atoms with Gasteiger partial charge in [-0.25, -0.2) is 4.79 Å². The fraction of sp³-hybridized carbons (Fsp3) is 0.636. The normalized spacial score (nSPS) is 17.1. The molecule has 0 radical (unpaired) electrons. The van der Waals surface area contributed by atoms with Gasteiger partial charge in [-0.1, -0.05) is 52.3 Å². The van der Waals surface area contributed by atoms with Crippen LogP contribution in [-0.2, 0) is 64.0 Å². The minimum atomic E-state index is -1.74. The Morgan fingerprint density at radius 3 is 1.93 bits per heavy atom. The third-order valence-corrected chi connectivity index (χ3v) is 15.0. The molecule has 18 N–H and O–H groups in total. The Labute approximate surface area is 492 Å². The van der Waals surface area contributed by atoms with Crippen molar-refractivity contribution in [2.75, 3.05) is 25.1 Å². The molecule has 1 saturated heterocycles. The molecule has 1 aromatic carbocycles. The Balaban J connectivity index is 1.78. The first-order chi connectivity index (χ1) is 39.6. The number of amides is 10. The van der Waals surface area contributed by atoms with E-state index in [1.165, 1.54) is 23.6 Å². The van der Waals surface area contributed by atoms with Crippen LogP contribution in [0.25, 0.3) is 10.9 Å². The number of carbonyl (C=O) groups excluding carboxylic acids is 10. The molecule has 0 bridgehead atoms. The number of fused-ring (bicyclic) bond motifs is 1. The van der Waals surface area contributed by atoms with Gasteiger partial charge in [0.1, 0.15) is 54.4 Å². The van der Waals surface area contributed by atoms with E-state index in [2.05, 4.69) is 47.5 Å². The second kappa shape index (κ2) is 35.0. The van der Waals surface area contributed by atoms with E-state index in [0.717, 1.165) is 23.4 Å². The molecule has 2 aromatic rings. The molecule has 0 unspecified atom stereocenters. The molecule has 0 spiro atoms. The van der Waals surface area contributed by atoms with Gasteiger partial charge in [-0.2, -0.15) is 11.8 Å². The number of aromatic amines is 1. The number of para-hydroxylation sites is 1. The first-order valence-electron chi connectivity index (χ1n) is 28.3. The van der Waals surface area contributed by atoms with Gasteiger partial charge in [0.05, 0.1) is 18.6 Å². The van der Waals surface area contributed by atoms with Crippen LogP contribution in [0.3, 0.4) is 0 Å². The van der Waals surface area contributed by atoms with Crippen LogP contribution in [0.1, 0.15) is 118 Å². The number of nitrogens with zero attached hydrogens (tertiary/aromatic N) is 1. The third-order valence-electron chi connectivity index (χ3n) is 14.3. The van der Waals surface area contributed by atoms with Crippen molar-refractivity contribution in [3.05, 3.63) is 36.0 Å². The summed E-state index contributed by atoms with van der Waals surface area (Å²) >= 11 is 1.45. The first kappa shape index (κ1) is 70.9. The van der Waals surface area contributed by atoms with Crippen LogP contribution in [0.5, 0.6) is 0 Å². The molecule has 0 aliphatic carbocycles. The molecule has 3 rings (SSSR count). The molecule has 1 aliphatic rings. The number of rotatable bonds is 37. The Morgan fingerprint density at radius 2 is 1.32 bits per heavy atom. The highest BCUT2D eigenvalue weighted by atomic mass is 32.2. The van der Waals surface area contributed by atoms with Crippen LogP contribution in [-0.4, -0.2) is 188 Å². The highest BCUT2D eigenvalue weighted by Crippen LogP contribution is 2.22. The zero-order chi connectivity index (χ0) is 63.0. The molecule has 28 nitrogen and oxygen atoms in total. The van der Waals surface area contributed by atoms with Crippen LogP contribution in [0, 0.1) is 11.8 Å². The lowest BCUT2D eigenvalue weighted by Crippen LogP contribution is -2.61. The van der Waals surface area contributed by atoms with Crippen molar-refractivity contribution in [1.29, 1.82) is 0 Å². The van der Waals surface area contributed by atoms with Crippen molar-refractivity contribution < 1.29 is 72.9 Å². The van der Waals surface area contributed by atoms with E-state index in [-0.39, 0.29) is 51.1 Å². The molecule has 1 aromatic heterocycles. The molecular weight excluding hydrogens is 1110 g/mol. The van der Waals surface area contributed by atoms with E-state index >= 15 is 0 Å². The number of aromatic nitrogens is 1. The highest BCUT2D eigenvalue weighted by molar-refractivity contribution is 7.98. The van der Waals surface area contributed by atoms with Crippen LogP contribution in [0.2, 0.25) is 0 Å². The van der Waals surface area contributed by atoms with Gasteiger partial charge in [0.25, 0.3) is 0 Å². The standard InChI is InChI=1S/C55H87N13O15S/c1-8-29(4)44(52(79)65-39(24-28(2)3)49(76)61-36(16-11-12-21-56)48(75)60-30(5)46(73)67-45(31(6)69)53(80)63-38(55(82)83)18-19-43(71)72)66-50(77)40(26-42(58)70)64-51(78)41-17-13-22-68(41)54(81)37(20-23-84-7)62-47(74)34(57)25-32-27-59-35-15-10-9-14-33(32)35/h9-10,14-15,27-31,34,36-41,44-45,59,69H,8,11-13,16-26,56-57H2,1-7H3,(H2,58,70)(H,60,75)(H,61,76)(H,62,74)(H,63,80)(H,64,78)(H,65,79)(H,66,77)(H,67,73)(H,71,72)(H,82,83)/t29-,30-,31+,34-,36-,37-,38-,39-,40-,41-,44-,45-/m0/s1. The number of hydrogen-bond acceptors (Lipinski definition) is 16. The molecule has 84 heavy (non-hydrogen) atoms. The summed E-state index contributed by atoms with van der Waals surface area (Å²) in [5.74, 6) is -11.8. The monoisotopic (exact) mass is 1200 g/mol. The van der Waals surface area contributed by atoms with E-state index in [4.69, 9.17) is 22.3 Å². The summed E-state index contributed by atoms with van der Waals surface area (Å²) in [6, 6.07) is -6.17. The third kappa shape index (κ3) is 22.3. The maximum atomic E-state index is 14.3. The van der Waals surface area contributed by atoms with Gasteiger partial charge >= 0.3 is 11.9 Å². The van der Waals surface area contributed by atoms with Crippen LogP contribution in [0.4, 0.5) is 0 Å². The number of carbonyl (C=O) groups is 12. The number of H-pyrrole nitrogens is 1. The number of hydrogen-bond donors (Lipinski definition) is 15. The second-order valence-corrected chi connectivity index (χ2v) is 22.6. The molecular formula is C55H87N13O15S. The lowest BCUT2D eigenvalue weighted by molar-refractivity contribution is -0.144. The molecule has 1 aliphatic heterocycles. The Morgan fingerprint density at radius 1 is 0.714 bits per heavy atom. The van der Waals surface area contributed by atoms with E-state index in [9.17, 15) is 67.7 Å². The van der Waals surface area contributed by atoms with Crippen molar-refractivity contribution in [2.24, 2.45) is 29.0 Å². The Kier molecular flexibility index (Phi) is 29.6. The van der Waals surface area contributed by atoms with Gasteiger partial charge in [0, 0.05) is 30.1 Å². The largest absolute Gasteiger partial charge is 0.481 e. The van der Waals surface area contributed by atoms with Crippen LogP contribution < -0.4 is 59.7 Å². The van der Waals surface area contributed by atoms with Crippen LogP contribution in [0.15, 0.2) is 30.5 Å². The lowest BCUT2D eigenvalue weighted by atomic mass is 9.96. The molecule has 0 saturated carbocycles. The SMILES string of the molecule is CC[C@H](C)[C@H](NC(=O)[C@H](CC(N)=O)NC(=O)[C@@H]1CCCN1C(=O)[C@H](CCSC)NC(=O)[C@@H](N)Cc1c[nH]c2ccccc12)C(=O)N[C@@H](CC(C)C)C(=O)N[C@@H](CCCCN)C(=O)N[C@@H](C)C(=O)N[C@H](C(=O)N[C@@H](CCC(=O)O)C(=O)O)[C@@H](C)O. The zero-order valence-electron chi connectivity index (χ0n) is 48.8. The lowest BCUT2D eigenvalue weighted by Gasteiger charge is -2.31. The number of aliphatic hydroxyl groups is 1. The smallest absolute Gasteiger partial charge is 0.326 e. The van der Waals surface area contributed by atoms with Crippen molar-refractivity contribution in [3.63, 3.8) is 0 Å².